The highest BCUT2D eigenvalue weighted by atomic mass is 32.2. The van der Waals surface area contributed by atoms with Crippen LogP contribution in [-0.2, 0) is 16.0 Å². The van der Waals surface area contributed by atoms with Crippen LogP contribution in [-0.4, -0.2) is 68.6 Å². The fourth-order valence-electron chi connectivity index (χ4n) is 4.74. The number of fused-ring (bicyclic) bond motifs is 2. The molecule has 0 aliphatic carbocycles. The molecule has 5 rings (SSSR count). The zero-order chi connectivity index (χ0) is 23.3. The van der Waals surface area contributed by atoms with Crippen molar-refractivity contribution in [2.75, 3.05) is 19.4 Å². The first-order chi connectivity index (χ1) is 15.9. The molecule has 1 aromatic rings. The zero-order valence-corrected chi connectivity index (χ0v) is 20.2. The van der Waals surface area contributed by atoms with Crippen molar-refractivity contribution < 1.29 is 14.3 Å². The maximum atomic E-state index is 12.8. The molecule has 4 heterocycles. The standard InChI is InChI=1S/C24H28N4O3S2/c1-4-16-17(10-14-6-8-15(31-3)9-7-14)33-23-20(25)22(30)28(23)21(16)26-24(5-2)12-27-18(29)11-19(27)32-13-24/h4-9,17,19-20,23,26H,1-2,10-13,25H2,3H3/t17?,19-,20?,23-,24?/m1/s1. The van der Waals surface area contributed by atoms with Gasteiger partial charge in [-0.15, -0.1) is 30.1 Å². The van der Waals surface area contributed by atoms with E-state index in [2.05, 4.69) is 30.6 Å². The van der Waals surface area contributed by atoms with Crippen molar-refractivity contribution in [3.63, 3.8) is 0 Å². The third-order valence-corrected chi connectivity index (χ3v) is 9.83. The van der Waals surface area contributed by atoms with E-state index in [0.717, 1.165) is 29.3 Å². The van der Waals surface area contributed by atoms with Crippen LogP contribution in [0, 0.1) is 0 Å². The van der Waals surface area contributed by atoms with E-state index in [1.54, 1.807) is 35.5 Å². The molecule has 5 atom stereocenters. The van der Waals surface area contributed by atoms with Crippen molar-refractivity contribution in [2.45, 2.75) is 40.4 Å². The summed E-state index contributed by atoms with van der Waals surface area (Å²) in [6, 6.07) is 7.50. The van der Waals surface area contributed by atoms with Gasteiger partial charge in [0.15, 0.2) is 0 Å². The van der Waals surface area contributed by atoms with Gasteiger partial charge in [0, 0.05) is 23.1 Å². The largest absolute Gasteiger partial charge is 0.497 e. The number of nitrogens with one attached hydrogen (secondary N) is 1. The second-order valence-electron chi connectivity index (χ2n) is 8.79. The van der Waals surface area contributed by atoms with Gasteiger partial charge < -0.3 is 20.7 Å². The van der Waals surface area contributed by atoms with Gasteiger partial charge in [-0.3, -0.25) is 14.5 Å². The summed E-state index contributed by atoms with van der Waals surface area (Å²) in [5, 5.41) is 3.83. The van der Waals surface area contributed by atoms with Gasteiger partial charge in [0.2, 0.25) is 11.8 Å². The van der Waals surface area contributed by atoms with Gasteiger partial charge in [-0.25, -0.2) is 0 Å². The van der Waals surface area contributed by atoms with E-state index in [4.69, 9.17) is 10.5 Å². The number of amides is 2. The summed E-state index contributed by atoms with van der Waals surface area (Å²) >= 11 is 3.45. The molecule has 3 N–H and O–H groups in total. The summed E-state index contributed by atoms with van der Waals surface area (Å²) in [5.74, 6) is 2.39. The number of carbonyl (C=O) groups excluding carboxylic acids is 2. The van der Waals surface area contributed by atoms with Crippen LogP contribution in [0.25, 0.3) is 0 Å². The summed E-state index contributed by atoms with van der Waals surface area (Å²) in [5.41, 5.74) is 7.81. The van der Waals surface area contributed by atoms with Gasteiger partial charge >= 0.3 is 0 Å². The van der Waals surface area contributed by atoms with Crippen molar-refractivity contribution in [1.82, 2.24) is 15.1 Å². The molecule has 0 aromatic heterocycles. The third kappa shape index (κ3) is 3.66. The van der Waals surface area contributed by atoms with Crippen molar-refractivity contribution in [1.29, 1.82) is 0 Å². The van der Waals surface area contributed by atoms with Crippen molar-refractivity contribution in [3.8, 4) is 5.75 Å². The molecule has 3 saturated heterocycles. The highest BCUT2D eigenvalue weighted by Gasteiger charge is 2.54. The smallest absolute Gasteiger partial charge is 0.249 e. The van der Waals surface area contributed by atoms with Crippen LogP contribution in [0.3, 0.4) is 0 Å². The van der Waals surface area contributed by atoms with Gasteiger partial charge in [0.1, 0.15) is 23.0 Å². The summed E-state index contributed by atoms with van der Waals surface area (Å²) in [7, 11) is 1.65. The maximum absolute atomic E-state index is 12.8. The number of rotatable bonds is 7. The number of ether oxygens (including phenoxy) is 1. The molecule has 1 aromatic carbocycles. The Morgan fingerprint density at radius 1 is 1.30 bits per heavy atom. The average molecular weight is 485 g/mol. The van der Waals surface area contributed by atoms with Gasteiger partial charge in [0.25, 0.3) is 0 Å². The molecule has 2 amide bonds. The van der Waals surface area contributed by atoms with E-state index in [-0.39, 0.29) is 27.8 Å². The minimum Gasteiger partial charge on any atom is -0.497 e. The molecule has 7 nitrogen and oxygen atoms in total. The van der Waals surface area contributed by atoms with E-state index in [0.29, 0.717) is 13.0 Å². The Kier molecular flexibility index (Phi) is 5.74. The fourth-order valence-corrected chi connectivity index (χ4v) is 7.74. The molecule has 0 bridgehead atoms. The summed E-state index contributed by atoms with van der Waals surface area (Å²) in [6.07, 6.45) is 5.08. The van der Waals surface area contributed by atoms with Gasteiger partial charge in [-0.05, 0) is 24.1 Å². The molecule has 3 unspecified atom stereocenters. The maximum Gasteiger partial charge on any atom is 0.249 e. The highest BCUT2D eigenvalue weighted by Crippen LogP contribution is 2.46. The Bertz CT molecular complexity index is 1040. The lowest BCUT2D eigenvalue weighted by atomic mass is 9.95. The van der Waals surface area contributed by atoms with E-state index in [9.17, 15) is 9.59 Å². The zero-order valence-electron chi connectivity index (χ0n) is 18.5. The first-order valence-corrected chi connectivity index (χ1v) is 13.0. The summed E-state index contributed by atoms with van der Waals surface area (Å²) < 4.78 is 5.28. The molecule has 0 radical (unpaired) electrons. The van der Waals surface area contributed by atoms with Gasteiger partial charge in [0.05, 0.1) is 24.4 Å². The first-order valence-electron chi connectivity index (χ1n) is 11.0. The van der Waals surface area contributed by atoms with Crippen LogP contribution in [0.4, 0.5) is 0 Å². The molecule has 3 fully saturated rings. The van der Waals surface area contributed by atoms with E-state index in [1.165, 1.54) is 5.56 Å². The van der Waals surface area contributed by atoms with Crippen LogP contribution >= 0.6 is 23.5 Å². The Morgan fingerprint density at radius 2 is 2.06 bits per heavy atom. The van der Waals surface area contributed by atoms with Crippen LogP contribution < -0.4 is 15.8 Å². The normalized spacial score (nSPS) is 32.9. The number of hydrogen-bond acceptors (Lipinski definition) is 7. The van der Waals surface area contributed by atoms with E-state index < -0.39 is 11.6 Å². The number of β-lactam (4-membered cyclic amide) rings is 2. The number of methoxy groups -OCH3 is 1. The number of benzene rings is 1. The minimum atomic E-state index is -0.530. The lowest BCUT2D eigenvalue weighted by Crippen LogP contribution is -2.72. The molecule has 9 heteroatoms. The lowest BCUT2D eigenvalue weighted by Gasteiger charge is -2.55. The molecule has 4 aliphatic heterocycles. The predicted octanol–water partition coefficient (Wildman–Crippen LogP) is 2.07. The number of allylic oxidation sites excluding steroid dienone is 1. The Morgan fingerprint density at radius 3 is 2.70 bits per heavy atom. The third-order valence-electron chi connectivity index (χ3n) is 6.81. The molecule has 33 heavy (non-hydrogen) atoms. The Balaban J connectivity index is 1.47. The topological polar surface area (TPSA) is 87.9 Å². The molecular formula is C24H28N4O3S2. The highest BCUT2D eigenvalue weighted by molar-refractivity contribution is 8.01. The number of nitrogens with two attached hydrogens (primary N) is 1. The molecule has 4 aliphatic rings. The van der Waals surface area contributed by atoms with Gasteiger partial charge in [-0.2, -0.15) is 0 Å². The summed E-state index contributed by atoms with van der Waals surface area (Å²) in [4.78, 5) is 28.6. The second-order valence-corrected chi connectivity index (χ2v) is 11.3. The fraction of sp³-hybridized carbons (Fsp3) is 0.417. The van der Waals surface area contributed by atoms with E-state index >= 15 is 0 Å². The number of hydrogen-bond donors (Lipinski definition) is 2. The first kappa shape index (κ1) is 22.4. The number of carbonyl (C=O) groups is 2. The minimum absolute atomic E-state index is 0.0790. The predicted molar refractivity (Wildman–Crippen MR) is 133 cm³/mol. The van der Waals surface area contributed by atoms with Crippen molar-refractivity contribution >= 4 is 35.3 Å². The molecule has 0 saturated carbocycles. The van der Waals surface area contributed by atoms with E-state index in [1.807, 2.05) is 29.2 Å². The van der Waals surface area contributed by atoms with Crippen molar-refractivity contribution in [3.05, 3.63) is 66.5 Å². The second kappa shape index (κ2) is 8.45. The molecular weight excluding hydrogens is 456 g/mol. The van der Waals surface area contributed by atoms with Crippen LogP contribution in [0.2, 0.25) is 0 Å². The molecule has 0 spiro atoms. The number of nitrogens with zero attached hydrogens (tertiary/aromatic N) is 2. The molecule has 174 valence electrons. The Labute approximate surface area is 202 Å². The number of thioether (sulfide) groups is 2. The quantitative estimate of drug-likeness (QED) is 0.453. The lowest BCUT2D eigenvalue weighted by molar-refractivity contribution is -0.144. The SMILES string of the molecule is C=CC1=C(NC2(C=C)CS[C@@H]3CC(=O)N3C2)N2C(=O)C(N)[C@H]2SC1Cc1ccc(OC)cc1. The monoisotopic (exact) mass is 484 g/mol. The van der Waals surface area contributed by atoms with Gasteiger partial charge in [-0.1, -0.05) is 30.9 Å². The van der Waals surface area contributed by atoms with Crippen molar-refractivity contribution in [2.24, 2.45) is 5.73 Å². The average Bonchev–Trinajstić information content (AvgIpc) is 2.84. The summed E-state index contributed by atoms with van der Waals surface area (Å²) in [6.45, 7) is 8.69. The van der Waals surface area contributed by atoms with Crippen LogP contribution in [0.1, 0.15) is 12.0 Å². The van der Waals surface area contributed by atoms with Crippen LogP contribution in [0.15, 0.2) is 61.0 Å². The van der Waals surface area contributed by atoms with Crippen LogP contribution in [0.5, 0.6) is 5.75 Å². The Hall–Kier alpha value is -2.36.